The minimum atomic E-state index is -0.805. The number of benzene rings is 1. The number of hydrogen-bond acceptors (Lipinski definition) is 4. The third-order valence-electron chi connectivity index (χ3n) is 5.08. The molecule has 1 fully saturated rings. The lowest BCUT2D eigenvalue weighted by Gasteiger charge is -2.23. The summed E-state index contributed by atoms with van der Waals surface area (Å²) >= 11 is 0. The van der Waals surface area contributed by atoms with Crippen LogP contribution in [0.5, 0.6) is 0 Å². The van der Waals surface area contributed by atoms with E-state index in [1.165, 1.54) is 25.7 Å². The lowest BCUT2D eigenvalue weighted by Crippen LogP contribution is -2.48. The van der Waals surface area contributed by atoms with Crippen LogP contribution < -0.4 is 11.1 Å². The van der Waals surface area contributed by atoms with Crippen molar-refractivity contribution in [3.63, 3.8) is 0 Å². The fourth-order valence-electron chi connectivity index (χ4n) is 3.60. The monoisotopic (exact) mass is 431 g/mol. The van der Waals surface area contributed by atoms with Crippen molar-refractivity contribution in [1.29, 1.82) is 0 Å². The van der Waals surface area contributed by atoms with Gasteiger partial charge in [-0.15, -0.1) is 4.99 Å². The van der Waals surface area contributed by atoms with Gasteiger partial charge in [-0.2, -0.15) is 0 Å². The van der Waals surface area contributed by atoms with Gasteiger partial charge in [0.2, 0.25) is 5.96 Å². The first-order valence-electron chi connectivity index (χ1n) is 11.3. The van der Waals surface area contributed by atoms with Crippen molar-refractivity contribution in [2.24, 2.45) is 10.7 Å². The molecule has 0 spiro atoms. The molecule has 2 rings (SSSR count). The first-order chi connectivity index (χ1) is 14.7. The van der Waals surface area contributed by atoms with Crippen LogP contribution in [0.15, 0.2) is 35.3 Å². The number of carbonyl (C=O) groups excluding carboxylic acids is 2. The molecule has 0 saturated heterocycles. The van der Waals surface area contributed by atoms with Gasteiger partial charge in [0.15, 0.2) is 0 Å². The van der Waals surface area contributed by atoms with Gasteiger partial charge in [-0.05, 0) is 52.0 Å². The number of aliphatic imine (C=N–C) groups is 1. The van der Waals surface area contributed by atoms with E-state index in [0.29, 0.717) is 6.42 Å². The Kier molecular flexibility index (Phi) is 9.82. The van der Waals surface area contributed by atoms with Crippen molar-refractivity contribution in [2.75, 3.05) is 0 Å². The Morgan fingerprint density at radius 1 is 1.06 bits per heavy atom. The zero-order valence-electron chi connectivity index (χ0n) is 19.1. The van der Waals surface area contributed by atoms with Gasteiger partial charge >= 0.3 is 12.1 Å². The summed E-state index contributed by atoms with van der Waals surface area (Å²) in [5.41, 5.74) is 6.19. The summed E-state index contributed by atoms with van der Waals surface area (Å²) in [7, 11) is 0. The van der Waals surface area contributed by atoms with E-state index in [0.717, 1.165) is 31.2 Å². The number of nitrogens with zero attached hydrogens (tertiary/aromatic N) is 1. The molecule has 7 nitrogen and oxygen atoms in total. The van der Waals surface area contributed by atoms with Crippen LogP contribution in [0.1, 0.15) is 77.7 Å². The number of carbonyl (C=O) groups is 2. The van der Waals surface area contributed by atoms with E-state index in [2.05, 4.69) is 10.3 Å². The molecule has 0 unspecified atom stereocenters. The van der Waals surface area contributed by atoms with Gasteiger partial charge in [-0.3, -0.25) is 0 Å². The highest BCUT2D eigenvalue weighted by Gasteiger charge is 2.25. The third kappa shape index (κ3) is 10.3. The predicted octanol–water partition coefficient (Wildman–Crippen LogP) is 4.48. The van der Waals surface area contributed by atoms with Crippen LogP contribution in [0.4, 0.5) is 4.79 Å². The van der Waals surface area contributed by atoms with E-state index >= 15 is 0 Å². The molecule has 1 aromatic rings. The van der Waals surface area contributed by atoms with Gasteiger partial charge in [0.05, 0.1) is 0 Å². The van der Waals surface area contributed by atoms with E-state index in [1.54, 1.807) is 20.8 Å². The van der Waals surface area contributed by atoms with E-state index in [9.17, 15) is 9.59 Å². The van der Waals surface area contributed by atoms with Crippen LogP contribution in [0.25, 0.3) is 0 Å². The highest BCUT2D eigenvalue weighted by molar-refractivity contribution is 5.92. The highest BCUT2D eigenvalue weighted by Crippen LogP contribution is 2.20. The molecule has 7 heteroatoms. The van der Waals surface area contributed by atoms with Crippen LogP contribution in [0, 0.1) is 0 Å². The molecule has 0 aliphatic heterocycles. The number of esters is 1. The molecule has 0 aromatic heterocycles. The molecule has 172 valence electrons. The zero-order chi connectivity index (χ0) is 22.7. The largest absolute Gasteiger partial charge is 0.461 e. The highest BCUT2D eigenvalue weighted by atomic mass is 16.6. The van der Waals surface area contributed by atoms with Crippen LogP contribution in [-0.4, -0.2) is 35.8 Å². The van der Waals surface area contributed by atoms with Crippen molar-refractivity contribution >= 4 is 18.0 Å². The molecule has 0 radical (unpaired) electrons. The molecule has 1 aliphatic rings. The second-order valence-corrected chi connectivity index (χ2v) is 9.12. The molecule has 1 aromatic carbocycles. The van der Waals surface area contributed by atoms with Crippen molar-refractivity contribution in [1.82, 2.24) is 5.32 Å². The van der Waals surface area contributed by atoms with Crippen molar-refractivity contribution in [3.05, 3.63) is 35.9 Å². The zero-order valence-corrected chi connectivity index (χ0v) is 19.1. The number of nitrogens with one attached hydrogen (secondary N) is 1. The summed E-state index contributed by atoms with van der Waals surface area (Å²) in [6.07, 6.45) is 8.22. The Hall–Kier alpha value is -2.57. The molecule has 0 heterocycles. The average Bonchev–Trinajstić information content (AvgIpc) is 2.80. The summed E-state index contributed by atoms with van der Waals surface area (Å²) in [6, 6.07) is 8.86. The Balaban J connectivity index is 2.07. The molecule has 1 atom stereocenters. The molecule has 1 amide bonds. The van der Waals surface area contributed by atoms with Crippen molar-refractivity contribution < 1.29 is 19.1 Å². The quantitative estimate of drug-likeness (QED) is 0.405. The Bertz CT molecular complexity index is 718. The van der Waals surface area contributed by atoms with Gasteiger partial charge in [0, 0.05) is 6.42 Å². The van der Waals surface area contributed by atoms with Crippen LogP contribution in [0.2, 0.25) is 0 Å². The van der Waals surface area contributed by atoms with Crippen LogP contribution in [0.3, 0.4) is 0 Å². The van der Waals surface area contributed by atoms with Gasteiger partial charge in [-0.1, -0.05) is 56.0 Å². The molecular weight excluding hydrogens is 394 g/mol. The first kappa shape index (κ1) is 24.7. The van der Waals surface area contributed by atoms with E-state index < -0.39 is 17.7 Å². The van der Waals surface area contributed by atoms with E-state index in [4.69, 9.17) is 15.2 Å². The van der Waals surface area contributed by atoms with Crippen LogP contribution >= 0.6 is 0 Å². The first-order valence-corrected chi connectivity index (χ1v) is 11.3. The Morgan fingerprint density at radius 3 is 2.23 bits per heavy atom. The van der Waals surface area contributed by atoms with Crippen molar-refractivity contribution in [2.45, 2.75) is 96.3 Å². The summed E-state index contributed by atoms with van der Waals surface area (Å²) in [5, 5.41) is 2.86. The number of hydrogen-bond donors (Lipinski definition) is 2. The number of ether oxygens (including phenoxy) is 2. The minimum Gasteiger partial charge on any atom is -0.461 e. The second-order valence-electron chi connectivity index (χ2n) is 9.12. The number of guanidine groups is 1. The number of rotatable bonds is 5. The summed E-state index contributed by atoms with van der Waals surface area (Å²) in [6.45, 7) is 5.24. The fraction of sp³-hybridized carbons (Fsp3) is 0.625. The van der Waals surface area contributed by atoms with E-state index in [1.807, 2.05) is 30.3 Å². The molecule has 1 saturated carbocycles. The lowest BCUT2D eigenvalue weighted by molar-refractivity contribution is -0.152. The molecule has 3 N–H and O–H groups in total. The fourth-order valence-corrected chi connectivity index (χ4v) is 3.60. The lowest BCUT2D eigenvalue weighted by atomic mass is 10.1. The maximum absolute atomic E-state index is 13.0. The summed E-state index contributed by atoms with van der Waals surface area (Å²) < 4.78 is 11.0. The van der Waals surface area contributed by atoms with Gasteiger partial charge in [0.25, 0.3) is 0 Å². The summed E-state index contributed by atoms with van der Waals surface area (Å²) in [4.78, 5) is 28.7. The van der Waals surface area contributed by atoms with Crippen molar-refractivity contribution in [3.8, 4) is 0 Å². The van der Waals surface area contributed by atoms with Gasteiger partial charge in [0.1, 0.15) is 17.7 Å². The SMILES string of the molecule is CC(C)(C)OC(=O)/N=C(/N)N[C@@H](Cc1ccccc1)C(=O)OC1CCCCCCCC1. The standard InChI is InChI=1S/C24H37N3O4/c1-24(2,3)31-23(29)27-22(25)26-20(17-18-13-9-8-10-14-18)21(28)30-19-15-11-6-4-5-7-12-16-19/h8-10,13-14,19-20H,4-7,11-12,15-17H2,1-3H3,(H3,25,26,27,29)/t20-/m0/s1. The maximum atomic E-state index is 13.0. The number of nitrogens with two attached hydrogens (primary N) is 1. The Morgan fingerprint density at radius 2 is 1.65 bits per heavy atom. The predicted molar refractivity (Wildman–Crippen MR) is 122 cm³/mol. The molecular formula is C24H37N3O4. The van der Waals surface area contributed by atoms with Gasteiger partial charge < -0.3 is 20.5 Å². The molecule has 31 heavy (non-hydrogen) atoms. The molecule has 0 bridgehead atoms. The minimum absolute atomic E-state index is 0.0882. The van der Waals surface area contributed by atoms with E-state index in [-0.39, 0.29) is 18.0 Å². The number of amides is 1. The topological polar surface area (TPSA) is 103 Å². The Labute approximate surface area is 185 Å². The van der Waals surface area contributed by atoms with Gasteiger partial charge in [-0.25, -0.2) is 9.59 Å². The van der Waals surface area contributed by atoms with Crippen LogP contribution in [-0.2, 0) is 20.7 Å². The average molecular weight is 432 g/mol. The smallest absolute Gasteiger partial charge is 0.437 e. The summed E-state index contributed by atoms with van der Waals surface area (Å²) in [5.74, 6) is -0.544. The maximum Gasteiger partial charge on any atom is 0.437 e. The molecule has 1 aliphatic carbocycles. The second kappa shape index (κ2) is 12.3. The third-order valence-corrected chi connectivity index (χ3v) is 5.08. The normalized spacial score (nSPS) is 17.6.